The van der Waals surface area contributed by atoms with Crippen molar-refractivity contribution in [2.45, 2.75) is 0 Å². The van der Waals surface area contributed by atoms with E-state index in [4.69, 9.17) is 16.1 Å². The van der Waals surface area contributed by atoms with Crippen LogP contribution in [0.1, 0.15) is 0 Å². The molecule has 0 aliphatic rings. The molecule has 0 bridgehead atoms. The molecule has 16 heavy (non-hydrogen) atoms. The summed E-state index contributed by atoms with van der Waals surface area (Å²) in [6, 6.07) is 11.6. The molecular weight excluding hydrogens is 226 g/mol. The molecule has 0 unspecified atom stereocenters. The van der Waals surface area contributed by atoms with Crippen LogP contribution in [0.4, 0.5) is 0 Å². The molecule has 3 aromatic rings. The molecule has 3 rings (SSSR count). The van der Waals surface area contributed by atoms with E-state index in [0.717, 1.165) is 10.9 Å². The van der Waals surface area contributed by atoms with E-state index >= 15 is 0 Å². The van der Waals surface area contributed by atoms with E-state index in [1.165, 1.54) is 0 Å². The van der Waals surface area contributed by atoms with E-state index < -0.39 is 0 Å². The molecule has 5 heteroatoms. The van der Waals surface area contributed by atoms with Crippen molar-refractivity contribution in [3.8, 4) is 11.6 Å². The number of pyridine rings is 1. The van der Waals surface area contributed by atoms with E-state index in [1.54, 1.807) is 0 Å². The second kappa shape index (κ2) is 3.57. The molecule has 1 aromatic carbocycles. The first-order valence-corrected chi connectivity index (χ1v) is 5.06. The maximum Gasteiger partial charge on any atom is 0.277 e. The summed E-state index contributed by atoms with van der Waals surface area (Å²) in [5, 5.41) is 4.67. The van der Waals surface area contributed by atoms with Crippen molar-refractivity contribution in [1.82, 2.24) is 15.1 Å². The summed E-state index contributed by atoms with van der Waals surface area (Å²) < 4.78 is 4.94. The SMILES string of the molecule is Clc1noc(-c2ccc3ccccc3n2)n1. The number of rotatable bonds is 1. The Hall–Kier alpha value is -1.94. The number of hydrogen-bond donors (Lipinski definition) is 0. The average Bonchev–Trinajstić information content (AvgIpc) is 2.75. The smallest absolute Gasteiger partial charge is 0.277 e. The lowest BCUT2D eigenvalue weighted by atomic mass is 10.2. The molecule has 0 spiro atoms. The Morgan fingerprint density at radius 3 is 2.69 bits per heavy atom. The zero-order valence-corrected chi connectivity index (χ0v) is 8.85. The van der Waals surface area contributed by atoms with Crippen LogP contribution in [0, 0.1) is 0 Å². The van der Waals surface area contributed by atoms with Crippen LogP contribution in [0.25, 0.3) is 22.5 Å². The second-order valence-corrected chi connectivity index (χ2v) is 3.60. The minimum atomic E-state index is 0.0879. The summed E-state index contributed by atoms with van der Waals surface area (Å²) in [6.45, 7) is 0. The standard InChI is InChI=1S/C11H6ClN3O/c12-11-14-10(16-15-11)9-6-5-7-3-1-2-4-8(7)13-9/h1-6H. The zero-order chi connectivity index (χ0) is 11.0. The predicted molar refractivity (Wildman–Crippen MR) is 60.0 cm³/mol. The number of benzene rings is 1. The average molecular weight is 232 g/mol. The Labute approximate surface area is 95.9 Å². The van der Waals surface area contributed by atoms with Crippen LogP contribution < -0.4 is 0 Å². The molecule has 0 aliphatic heterocycles. The predicted octanol–water partition coefficient (Wildman–Crippen LogP) is 2.94. The molecule has 2 aromatic heterocycles. The number of para-hydroxylation sites is 1. The van der Waals surface area contributed by atoms with Gasteiger partial charge in [0.1, 0.15) is 5.69 Å². The van der Waals surface area contributed by atoms with Gasteiger partial charge in [-0.05, 0) is 28.9 Å². The molecule has 4 nitrogen and oxygen atoms in total. The third kappa shape index (κ3) is 1.53. The van der Waals surface area contributed by atoms with Gasteiger partial charge < -0.3 is 4.52 Å². The summed E-state index contributed by atoms with van der Waals surface area (Å²) in [7, 11) is 0. The second-order valence-electron chi connectivity index (χ2n) is 3.26. The van der Waals surface area contributed by atoms with Gasteiger partial charge in [0.05, 0.1) is 5.52 Å². The fraction of sp³-hybridized carbons (Fsp3) is 0. The Balaban J connectivity index is 2.18. The van der Waals surface area contributed by atoms with Gasteiger partial charge in [-0.1, -0.05) is 24.3 Å². The Morgan fingerprint density at radius 1 is 1.00 bits per heavy atom. The third-order valence-corrected chi connectivity index (χ3v) is 2.37. The van der Waals surface area contributed by atoms with E-state index in [9.17, 15) is 0 Å². The molecule has 2 heterocycles. The largest absolute Gasteiger partial charge is 0.331 e. The minimum absolute atomic E-state index is 0.0879. The van der Waals surface area contributed by atoms with Gasteiger partial charge in [-0.2, -0.15) is 4.98 Å². The van der Waals surface area contributed by atoms with Gasteiger partial charge >= 0.3 is 0 Å². The van der Waals surface area contributed by atoms with Crippen LogP contribution in [-0.4, -0.2) is 15.1 Å². The number of fused-ring (bicyclic) bond motifs is 1. The maximum absolute atomic E-state index is 5.58. The first-order valence-electron chi connectivity index (χ1n) is 4.68. The van der Waals surface area contributed by atoms with Crippen LogP contribution >= 0.6 is 11.6 Å². The summed E-state index contributed by atoms with van der Waals surface area (Å²) in [4.78, 5) is 8.32. The van der Waals surface area contributed by atoms with Crippen molar-refractivity contribution in [3.05, 3.63) is 41.7 Å². The molecule has 0 aliphatic carbocycles. The molecular formula is C11H6ClN3O. The molecule has 0 saturated carbocycles. The fourth-order valence-electron chi connectivity index (χ4n) is 1.49. The van der Waals surface area contributed by atoms with Crippen LogP contribution in [0.5, 0.6) is 0 Å². The van der Waals surface area contributed by atoms with Gasteiger partial charge in [-0.15, -0.1) is 0 Å². The molecule has 0 radical (unpaired) electrons. The number of aromatic nitrogens is 3. The molecule has 0 saturated heterocycles. The highest BCUT2D eigenvalue weighted by atomic mass is 35.5. The van der Waals surface area contributed by atoms with Crippen LogP contribution in [-0.2, 0) is 0 Å². The lowest BCUT2D eigenvalue weighted by Gasteiger charge is -1.97. The molecule has 0 atom stereocenters. The maximum atomic E-state index is 5.58. The molecule has 78 valence electrons. The molecule has 0 amide bonds. The summed E-state index contributed by atoms with van der Waals surface area (Å²) >= 11 is 5.58. The van der Waals surface area contributed by atoms with Gasteiger partial charge in [0.15, 0.2) is 0 Å². The first-order chi connectivity index (χ1) is 7.83. The van der Waals surface area contributed by atoms with Gasteiger partial charge in [-0.3, -0.25) is 0 Å². The third-order valence-electron chi connectivity index (χ3n) is 2.22. The highest BCUT2D eigenvalue weighted by molar-refractivity contribution is 6.28. The van der Waals surface area contributed by atoms with Gasteiger partial charge in [0.2, 0.25) is 0 Å². The fourth-order valence-corrected chi connectivity index (χ4v) is 1.61. The van der Waals surface area contributed by atoms with Crippen molar-refractivity contribution >= 4 is 22.5 Å². The Morgan fingerprint density at radius 2 is 1.88 bits per heavy atom. The van der Waals surface area contributed by atoms with Gasteiger partial charge in [0, 0.05) is 5.39 Å². The minimum Gasteiger partial charge on any atom is -0.331 e. The van der Waals surface area contributed by atoms with E-state index in [0.29, 0.717) is 11.6 Å². The quantitative estimate of drug-likeness (QED) is 0.646. The Kier molecular flexibility index (Phi) is 2.08. The van der Waals surface area contributed by atoms with E-state index in [-0.39, 0.29) is 5.28 Å². The van der Waals surface area contributed by atoms with Crippen molar-refractivity contribution in [1.29, 1.82) is 0 Å². The van der Waals surface area contributed by atoms with E-state index in [1.807, 2.05) is 36.4 Å². The highest BCUT2D eigenvalue weighted by Crippen LogP contribution is 2.20. The van der Waals surface area contributed by atoms with Crippen molar-refractivity contribution in [2.75, 3.05) is 0 Å². The zero-order valence-electron chi connectivity index (χ0n) is 8.09. The van der Waals surface area contributed by atoms with Crippen LogP contribution in [0.2, 0.25) is 5.28 Å². The highest BCUT2D eigenvalue weighted by Gasteiger charge is 2.08. The summed E-state index contributed by atoms with van der Waals surface area (Å²) in [5.74, 6) is 0.329. The Bertz CT molecular complexity index is 650. The van der Waals surface area contributed by atoms with E-state index in [2.05, 4.69) is 15.1 Å². The lowest BCUT2D eigenvalue weighted by Crippen LogP contribution is -1.84. The normalized spacial score (nSPS) is 10.8. The topological polar surface area (TPSA) is 51.8 Å². The van der Waals surface area contributed by atoms with Gasteiger partial charge in [0.25, 0.3) is 11.2 Å². The number of hydrogen-bond acceptors (Lipinski definition) is 4. The lowest BCUT2D eigenvalue weighted by molar-refractivity contribution is 0.429. The molecule has 0 N–H and O–H groups in total. The number of halogens is 1. The van der Waals surface area contributed by atoms with Crippen molar-refractivity contribution in [3.63, 3.8) is 0 Å². The van der Waals surface area contributed by atoms with Crippen molar-refractivity contribution in [2.24, 2.45) is 0 Å². The summed E-state index contributed by atoms with van der Waals surface area (Å²) in [5.41, 5.74) is 1.51. The first kappa shape index (κ1) is 9.30. The van der Waals surface area contributed by atoms with Crippen LogP contribution in [0.15, 0.2) is 40.9 Å². The van der Waals surface area contributed by atoms with Crippen molar-refractivity contribution < 1.29 is 4.52 Å². The molecule has 0 fully saturated rings. The van der Waals surface area contributed by atoms with Crippen LogP contribution in [0.3, 0.4) is 0 Å². The monoisotopic (exact) mass is 231 g/mol. The van der Waals surface area contributed by atoms with Gasteiger partial charge in [-0.25, -0.2) is 4.98 Å². The summed E-state index contributed by atoms with van der Waals surface area (Å²) in [6.07, 6.45) is 0. The number of nitrogens with zero attached hydrogens (tertiary/aromatic N) is 3.